The minimum absolute atomic E-state index is 0.0140. The second kappa shape index (κ2) is 5.89. The lowest BCUT2D eigenvalue weighted by Crippen LogP contribution is -1.99. The van der Waals surface area contributed by atoms with Gasteiger partial charge in [0.2, 0.25) is 0 Å². The van der Waals surface area contributed by atoms with E-state index < -0.39 is 11.8 Å². The van der Waals surface area contributed by atoms with Gasteiger partial charge in [-0.15, -0.1) is 0 Å². The average molecular weight is 242 g/mol. The molecule has 0 aromatic heterocycles. The molecule has 0 atom stereocenters. The average Bonchev–Trinajstić information content (AvgIpc) is 2.16. The number of aromatic carboxylic acids is 1. The summed E-state index contributed by atoms with van der Waals surface area (Å²) in [6, 6.07) is 3.96. The molecule has 0 aliphatic heterocycles. The van der Waals surface area contributed by atoms with Gasteiger partial charge in [-0.1, -0.05) is 13.8 Å². The van der Waals surface area contributed by atoms with Crippen molar-refractivity contribution in [1.29, 1.82) is 0 Å². The van der Waals surface area contributed by atoms with Crippen molar-refractivity contribution in [3.63, 3.8) is 0 Å². The summed E-state index contributed by atoms with van der Waals surface area (Å²) in [5.74, 6) is 0.641. The third-order valence-corrected chi connectivity index (χ3v) is 3.36. The van der Waals surface area contributed by atoms with E-state index >= 15 is 0 Å². The fourth-order valence-electron chi connectivity index (χ4n) is 1.27. The highest BCUT2D eigenvalue weighted by Gasteiger charge is 2.07. The van der Waals surface area contributed by atoms with Crippen molar-refractivity contribution in [2.75, 3.05) is 5.75 Å². The summed E-state index contributed by atoms with van der Waals surface area (Å²) < 4.78 is 13.1. The normalized spacial score (nSPS) is 10.8. The molecule has 0 aliphatic carbocycles. The van der Waals surface area contributed by atoms with Gasteiger partial charge in [0.05, 0.1) is 5.56 Å². The van der Waals surface area contributed by atoms with Crippen LogP contribution in [0.5, 0.6) is 0 Å². The van der Waals surface area contributed by atoms with Crippen LogP contribution >= 0.6 is 11.8 Å². The summed E-state index contributed by atoms with van der Waals surface area (Å²) in [4.78, 5) is 10.7. The molecule has 1 N–H and O–H groups in total. The van der Waals surface area contributed by atoms with Crippen molar-refractivity contribution in [2.24, 2.45) is 5.92 Å². The van der Waals surface area contributed by atoms with Gasteiger partial charge in [0, 0.05) is 5.75 Å². The predicted molar refractivity (Wildman–Crippen MR) is 64.4 cm³/mol. The summed E-state index contributed by atoms with van der Waals surface area (Å²) in [5.41, 5.74) is 0.739. The summed E-state index contributed by atoms with van der Waals surface area (Å²) in [6.07, 6.45) is 0. The van der Waals surface area contributed by atoms with Crippen LogP contribution in [0.3, 0.4) is 0 Å². The number of carbonyl (C=O) groups is 1. The van der Waals surface area contributed by atoms with E-state index in [9.17, 15) is 9.18 Å². The summed E-state index contributed by atoms with van der Waals surface area (Å²) in [6.45, 7) is 4.22. The lowest BCUT2D eigenvalue weighted by atomic mass is 10.1. The van der Waals surface area contributed by atoms with Crippen molar-refractivity contribution in [3.05, 3.63) is 35.1 Å². The van der Waals surface area contributed by atoms with E-state index in [-0.39, 0.29) is 5.56 Å². The Bertz CT molecular complexity index is 377. The maximum atomic E-state index is 13.1. The molecule has 0 saturated carbocycles. The smallest absolute Gasteiger partial charge is 0.335 e. The number of hydrogen-bond donors (Lipinski definition) is 1. The van der Waals surface area contributed by atoms with Gasteiger partial charge in [-0.2, -0.15) is 11.8 Å². The van der Waals surface area contributed by atoms with Crippen LogP contribution in [0.25, 0.3) is 0 Å². The Kier molecular flexibility index (Phi) is 4.80. The molecule has 0 unspecified atom stereocenters. The lowest BCUT2D eigenvalue weighted by molar-refractivity contribution is 0.0696. The molecule has 1 rings (SSSR count). The number of halogens is 1. The van der Waals surface area contributed by atoms with Gasteiger partial charge in [0.25, 0.3) is 0 Å². The Labute approximate surface area is 98.9 Å². The van der Waals surface area contributed by atoms with Crippen molar-refractivity contribution in [3.8, 4) is 0 Å². The number of thioether (sulfide) groups is 1. The van der Waals surface area contributed by atoms with Gasteiger partial charge in [0.1, 0.15) is 5.82 Å². The molecule has 0 radical (unpaired) electrons. The van der Waals surface area contributed by atoms with E-state index in [1.54, 1.807) is 11.8 Å². The minimum atomic E-state index is -1.09. The molecule has 16 heavy (non-hydrogen) atoms. The molecule has 88 valence electrons. The molecule has 2 nitrogen and oxygen atoms in total. The van der Waals surface area contributed by atoms with Crippen LogP contribution in [0.15, 0.2) is 18.2 Å². The summed E-state index contributed by atoms with van der Waals surface area (Å²) in [7, 11) is 0. The quantitative estimate of drug-likeness (QED) is 0.859. The van der Waals surface area contributed by atoms with Crippen molar-refractivity contribution in [2.45, 2.75) is 19.6 Å². The molecule has 0 spiro atoms. The second-order valence-corrected chi connectivity index (χ2v) is 5.09. The van der Waals surface area contributed by atoms with Crippen LogP contribution in [0, 0.1) is 11.7 Å². The third kappa shape index (κ3) is 4.23. The van der Waals surface area contributed by atoms with Crippen molar-refractivity contribution in [1.82, 2.24) is 0 Å². The fourth-order valence-corrected chi connectivity index (χ4v) is 2.26. The number of hydrogen-bond acceptors (Lipinski definition) is 2. The first kappa shape index (κ1) is 13.0. The molecular weight excluding hydrogens is 227 g/mol. The van der Waals surface area contributed by atoms with E-state index in [0.717, 1.165) is 17.4 Å². The highest BCUT2D eigenvalue weighted by atomic mass is 32.2. The van der Waals surface area contributed by atoms with Gasteiger partial charge in [-0.05, 0) is 35.4 Å². The van der Waals surface area contributed by atoms with Crippen LogP contribution in [0.2, 0.25) is 0 Å². The highest BCUT2D eigenvalue weighted by molar-refractivity contribution is 7.98. The molecule has 0 amide bonds. The zero-order chi connectivity index (χ0) is 12.1. The third-order valence-electron chi connectivity index (χ3n) is 1.92. The highest BCUT2D eigenvalue weighted by Crippen LogP contribution is 2.17. The molecule has 4 heteroatoms. The zero-order valence-electron chi connectivity index (χ0n) is 9.37. The van der Waals surface area contributed by atoms with Crippen molar-refractivity contribution >= 4 is 17.7 Å². The number of rotatable bonds is 5. The largest absolute Gasteiger partial charge is 0.478 e. The van der Waals surface area contributed by atoms with E-state index in [1.807, 2.05) is 0 Å². The Morgan fingerprint density at radius 2 is 2.12 bits per heavy atom. The Morgan fingerprint density at radius 3 is 2.69 bits per heavy atom. The molecule has 0 heterocycles. The van der Waals surface area contributed by atoms with E-state index in [4.69, 9.17) is 5.11 Å². The monoisotopic (exact) mass is 242 g/mol. The zero-order valence-corrected chi connectivity index (χ0v) is 10.2. The van der Waals surface area contributed by atoms with Gasteiger partial charge in [-0.25, -0.2) is 9.18 Å². The first-order valence-electron chi connectivity index (χ1n) is 5.09. The Hall–Kier alpha value is -1.03. The van der Waals surface area contributed by atoms with Gasteiger partial charge in [-0.3, -0.25) is 0 Å². The Morgan fingerprint density at radius 1 is 1.44 bits per heavy atom. The standard InChI is InChI=1S/C12H15FO2S/c1-8(2)6-16-7-9-3-10(12(14)15)5-11(13)4-9/h3-5,8H,6-7H2,1-2H3,(H,14,15). The second-order valence-electron chi connectivity index (χ2n) is 4.06. The molecule has 0 bridgehead atoms. The van der Waals surface area contributed by atoms with E-state index in [2.05, 4.69) is 13.8 Å². The van der Waals surface area contributed by atoms with Gasteiger partial charge >= 0.3 is 5.97 Å². The number of benzene rings is 1. The molecular formula is C12H15FO2S. The fraction of sp³-hybridized carbons (Fsp3) is 0.417. The van der Waals surface area contributed by atoms with E-state index in [1.165, 1.54) is 12.1 Å². The first-order chi connectivity index (χ1) is 7.49. The molecule has 1 aromatic rings. The maximum absolute atomic E-state index is 13.1. The van der Waals surface area contributed by atoms with Crippen LogP contribution in [0.1, 0.15) is 29.8 Å². The molecule has 0 saturated heterocycles. The Balaban J connectivity index is 2.69. The van der Waals surface area contributed by atoms with Gasteiger partial charge < -0.3 is 5.11 Å². The molecule has 0 aliphatic rings. The molecule has 1 aromatic carbocycles. The molecule has 0 fully saturated rings. The minimum Gasteiger partial charge on any atom is -0.478 e. The van der Waals surface area contributed by atoms with Crippen LogP contribution in [-0.4, -0.2) is 16.8 Å². The van der Waals surface area contributed by atoms with Crippen molar-refractivity contribution < 1.29 is 14.3 Å². The van der Waals surface area contributed by atoms with E-state index in [0.29, 0.717) is 11.7 Å². The predicted octanol–water partition coefficient (Wildman–Crippen LogP) is 3.41. The lowest BCUT2D eigenvalue weighted by Gasteiger charge is -2.05. The summed E-state index contributed by atoms with van der Waals surface area (Å²) >= 11 is 1.68. The number of carboxylic acid groups (broad SMARTS) is 1. The SMILES string of the molecule is CC(C)CSCc1cc(F)cc(C(=O)O)c1. The maximum Gasteiger partial charge on any atom is 0.335 e. The topological polar surface area (TPSA) is 37.3 Å². The summed E-state index contributed by atoms with van der Waals surface area (Å²) in [5, 5.41) is 8.77. The number of carboxylic acids is 1. The van der Waals surface area contributed by atoms with Crippen LogP contribution in [-0.2, 0) is 5.75 Å². The van der Waals surface area contributed by atoms with Crippen LogP contribution < -0.4 is 0 Å². The van der Waals surface area contributed by atoms with Gasteiger partial charge in [0.15, 0.2) is 0 Å². The first-order valence-corrected chi connectivity index (χ1v) is 6.25. The van der Waals surface area contributed by atoms with Crippen LogP contribution in [0.4, 0.5) is 4.39 Å².